The molecule has 0 radical (unpaired) electrons. The van der Waals surface area contributed by atoms with Crippen LogP contribution in [0.3, 0.4) is 0 Å². The van der Waals surface area contributed by atoms with Gasteiger partial charge in [0, 0.05) is 11.5 Å². The average molecular weight is 523 g/mol. The summed E-state index contributed by atoms with van der Waals surface area (Å²) in [6, 6.07) is 0. The Bertz CT molecular complexity index is 528. The molecule has 0 rings (SSSR count). The molecule has 196 valence electrons. The van der Waals surface area contributed by atoms with E-state index in [9.17, 15) is 25.9 Å². The third-order valence-electron chi connectivity index (χ3n) is 5.50. The molecule has 0 heterocycles. The smallest absolute Gasteiger partial charge is 0.748 e. The SMILES string of the molecule is CCCCCCCCCCCCS(=O)(=O)[O-].CCCCCCCCCCCCS(=O)(=O)[O-].[Mg+2]. The average Bonchev–Trinajstić information content (AvgIpc) is 2.70. The van der Waals surface area contributed by atoms with Crippen molar-refractivity contribution in [2.75, 3.05) is 11.5 Å². The van der Waals surface area contributed by atoms with E-state index >= 15 is 0 Å². The van der Waals surface area contributed by atoms with Gasteiger partial charge in [-0.25, -0.2) is 16.8 Å². The molecule has 9 heteroatoms. The minimum atomic E-state index is -3.98. The van der Waals surface area contributed by atoms with Crippen molar-refractivity contribution in [1.29, 1.82) is 0 Å². The van der Waals surface area contributed by atoms with Crippen molar-refractivity contribution in [2.24, 2.45) is 0 Å². The van der Waals surface area contributed by atoms with Crippen LogP contribution in [0.25, 0.3) is 0 Å². The van der Waals surface area contributed by atoms with Crippen LogP contribution in [-0.4, -0.2) is 60.5 Å². The van der Waals surface area contributed by atoms with Gasteiger partial charge >= 0.3 is 23.1 Å². The fourth-order valence-electron chi connectivity index (χ4n) is 3.53. The number of rotatable bonds is 22. The summed E-state index contributed by atoms with van der Waals surface area (Å²) in [6.07, 6.45) is 22.9. The molecule has 0 fully saturated rings. The molecular formula is C24H50MgO6S2. The Morgan fingerprint density at radius 1 is 0.394 bits per heavy atom. The molecule has 0 amide bonds. The van der Waals surface area contributed by atoms with Gasteiger partial charge in [-0.3, -0.25) is 0 Å². The van der Waals surface area contributed by atoms with E-state index in [2.05, 4.69) is 13.8 Å². The maximum atomic E-state index is 10.3. The quantitative estimate of drug-likeness (QED) is 0.0907. The summed E-state index contributed by atoms with van der Waals surface area (Å²) in [4.78, 5) is 0. The molecule has 0 bridgehead atoms. The Labute approximate surface area is 222 Å². The first-order chi connectivity index (χ1) is 15.1. The van der Waals surface area contributed by atoms with Crippen LogP contribution in [0.1, 0.15) is 142 Å². The molecule has 6 nitrogen and oxygen atoms in total. The topological polar surface area (TPSA) is 114 Å². The minimum Gasteiger partial charge on any atom is -0.748 e. The van der Waals surface area contributed by atoms with Gasteiger partial charge in [0.25, 0.3) is 0 Å². The summed E-state index contributed by atoms with van der Waals surface area (Å²) < 4.78 is 61.9. The third-order valence-corrected chi connectivity index (χ3v) is 7.07. The van der Waals surface area contributed by atoms with E-state index in [1.165, 1.54) is 89.9 Å². The Balaban J connectivity index is -0.000000529. The van der Waals surface area contributed by atoms with Crippen LogP contribution in [-0.2, 0) is 20.2 Å². The van der Waals surface area contributed by atoms with Crippen LogP contribution in [0.4, 0.5) is 0 Å². The Morgan fingerprint density at radius 3 is 0.758 bits per heavy atom. The van der Waals surface area contributed by atoms with Crippen molar-refractivity contribution < 1.29 is 25.9 Å². The molecular weight excluding hydrogens is 473 g/mol. The molecule has 0 N–H and O–H groups in total. The van der Waals surface area contributed by atoms with E-state index in [1.54, 1.807) is 0 Å². The van der Waals surface area contributed by atoms with Gasteiger partial charge < -0.3 is 9.11 Å². The molecule has 0 aromatic carbocycles. The Morgan fingerprint density at radius 2 is 0.576 bits per heavy atom. The van der Waals surface area contributed by atoms with Crippen LogP contribution < -0.4 is 0 Å². The molecule has 0 atom stereocenters. The van der Waals surface area contributed by atoms with Crippen LogP contribution in [0, 0.1) is 0 Å². The number of hydrogen-bond donors (Lipinski definition) is 0. The van der Waals surface area contributed by atoms with E-state index in [0.29, 0.717) is 12.8 Å². The maximum absolute atomic E-state index is 10.3. The monoisotopic (exact) mass is 522 g/mol. The summed E-state index contributed by atoms with van der Waals surface area (Å²) in [5.74, 6) is -0.382. The van der Waals surface area contributed by atoms with Gasteiger partial charge in [0.15, 0.2) is 0 Å². The fraction of sp³-hybridized carbons (Fsp3) is 1.00. The Kier molecular flexibility index (Phi) is 31.4. The molecule has 0 aliphatic heterocycles. The van der Waals surface area contributed by atoms with Crippen LogP contribution in [0.5, 0.6) is 0 Å². The molecule has 0 saturated carbocycles. The zero-order valence-electron chi connectivity index (χ0n) is 21.5. The van der Waals surface area contributed by atoms with Gasteiger partial charge in [-0.15, -0.1) is 0 Å². The molecule has 0 saturated heterocycles. The molecule has 0 aliphatic rings. The van der Waals surface area contributed by atoms with Crippen LogP contribution in [0.15, 0.2) is 0 Å². The van der Waals surface area contributed by atoms with Crippen molar-refractivity contribution >= 4 is 43.3 Å². The summed E-state index contributed by atoms with van der Waals surface area (Å²) in [6.45, 7) is 4.42. The maximum Gasteiger partial charge on any atom is 2.00 e. The van der Waals surface area contributed by atoms with Gasteiger partial charge in [-0.05, 0) is 12.8 Å². The minimum absolute atomic E-state index is 0. The van der Waals surface area contributed by atoms with Crippen molar-refractivity contribution in [3.05, 3.63) is 0 Å². The van der Waals surface area contributed by atoms with E-state index < -0.39 is 20.2 Å². The van der Waals surface area contributed by atoms with Gasteiger partial charge in [0.05, 0.1) is 20.2 Å². The van der Waals surface area contributed by atoms with Crippen molar-refractivity contribution in [2.45, 2.75) is 142 Å². The van der Waals surface area contributed by atoms with Gasteiger partial charge in [0.1, 0.15) is 0 Å². The van der Waals surface area contributed by atoms with E-state index in [-0.39, 0.29) is 34.6 Å². The standard InChI is InChI=1S/2C12H26O3S.Mg/c2*1-2-3-4-5-6-7-8-9-10-11-12-16(13,14)15;/h2*2-12H2,1H3,(H,13,14,15);/q;;+2/p-2. The van der Waals surface area contributed by atoms with Gasteiger partial charge in [-0.1, -0.05) is 129 Å². The largest absolute Gasteiger partial charge is 2.00 e. The summed E-state index contributed by atoms with van der Waals surface area (Å²) in [7, 11) is -7.96. The second kappa shape index (κ2) is 27.2. The molecule has 0 aromatic heterocycles. The predicted molar refractivity (Wildman–Crippen MR) is 139 cm³/mol. The van der Waals surface area contributed by atoms with E-state index in [0.717, 1.165) is 25.7 Å². The summed E-state index contributed by atoms with van der Waals surface area (Å²) in [5, 5.41) is 0. The second-order valence-electron chi connectivity index (χ2n) is 8.89. The van der Waals surface area contributed by atoms with Crippen molar-refractivity contribution in [1.82, 2.24) is 0 Å². The second-order valence-corrected chi connectivity index (χ2v) is 11.9. The first-order valence-corrected chi connectivity index (χ1v) is 16.1. The predicted octanol–water partition coefficient (Wildman–Crippen LogP) is 6.52. The van der Waals surface area contributed by atoms with E-state index in [1.807, 2.05) is 0 Å². The number of unbranched alkanes of at least 4 members (excludes halogenated alkanes) is 18. The van der Waals surface area contributed by atoms with Crippen LogP contribution >= 0.6 is 0 Å². The molecule has 0 unspecified atom stereocenters. The third kappa shape index (κ3) is 43.1. The normalized spacial score (nSPS) is 11.5. The van der Waals surface area contributed by atoms with Crippen molar-refractivity contribution in [3.63, 3.8) is 0 Å². The van der Waals surface area contributed by atoms with Crippen LogP contribution in [0.2, 0.25) is 0 Å². The fourth-order valence-corrected chi connectivity index (χ4v) is 4.65. The van der Waals surface area contributed by atoms with Gasteiger partial charge in [0.2, 0.25) is 0 Å². The first-order valence-electron chi connectivity index (χ1n) is 13.0. The first kappa shape index (κ1) is 38.1. The van der Waals surface area contributed by atoms with Gasteiger partial charge in [-0.2, -0.15) is 0 Å². The van der Waals surface area contributed by atoms with E-state index in [4.69, 9.17) is 0 Å². The molecule has 0 spiro atoms. The molecule has 33 heavy (non-hydrogen) atoms. The summed E-state index contributed by atoms with van der Waals surface area (Å²) in [5.41, 5.74) is 0. The zero-order valence-corrected chi connectivity index (χ0v) is 24.6. The Hall–Kier alpha value is 0.586. The zero-order chi connectivity index (χ0) is 24.6. The molecule has 0 aromatic rings. The number of hydrogen-bond acceptors (Lipinski definition) is 6. The molecule has 0 aliphatic carbocycles. The summed E-state index contributed by atoms with van der Waals surface area (Å²) >= 11 is 0. The van der Waals surface area contributed by atoms with Crippen molar-refractivity contribution in [3.8, 4) is 0 Å².